The van der Waals surface area contributed by atoms with E-state index in [4.69, 9.17) is 23.2 Å². The maximum absolute atomic E-state index is 13.2. The van der Waals surface area contributed by atoms with E-state index in [1.54, 1.807) is 35.5 Å². The van der Waals surface area contributed by atoms with Crippen molar-refractivity contribution in [3.05, 3.63) is 69.6 Å². The molecule has 0 N–H and O–H groups in total. The first-order valence-corrected chi connectivity index (χ1v) is 9.96. The van der Waals surface area contributed by atoms with E-state index in [9.17, 15) is 9.59 Å². The molecule has 4 nitrogen and oxygen atoms in total. The predicted octanol–water partition coefficient (Wildman–Crippen LogP) is 5.55. The third kappa shape index (κ3) is 3.47. The number of carbonyl (C=O) groups is 2. The van der Waals surface area contributed by atoms with Crippen molar-refractivity contribution in [1.29, 1.82) is 0 Å². The number of carbonyl (C=O) groups excluding carboxylic acids is 2. The molecule has 0 spiro atoms. The summed E-state index contributed by atoms with van der Waals surface area (Å²) in [5, 5.41) is 0.904. The number of hydrogen-bond acceptors (Lipinski definition) is 3. The van der Waals surface area contributed by atoms with Gasteiger partial charge in [-0.3, -0.25) is 19.5 Å². The zero-order valence-corrected chi connectivity index (χ0v) is 17.2. The minimum absolute atomic E-state index is 0.0727. The van der Waals surface area contributed by atoms with Crippen LogP contribution in [-0.2, 0) is 9.59 Å². The second-order valence-electron chi connectivity index (χ2n) is 8.20. The lowest BCUT2D eigenvalue weighted by Gasteiger charge is -2.43. The molecule has 0 bridgehead atoms. The molecule has 1 aliphatic carbocycles. The van der Waals surface area contributed by atoms with Crippen LogP contribution in [0.5, 0.6) is 0 Å². The van der Waals surface area contributed by atoms with Crippen molar-refractivity contribution < 1.29 is 9.59 Å². The van der Waals surface area contributed by atoms with Crippen LogP contribution in [0.4, 0.5) is 5.69 Å². The Balaban J connectivity index is 1.92. The lowest BCUT2D eigenvalue weighted by atomic mass is 9.69. The van der Waals surface area contributed by atoms with Gasteiger partial charge in [-0.25, -0.2) is 0 Å². The van der Waals surface area contributed by atoms with Gasteiger partial charge in [0.1, 0.15) is 0 Å². The molecule has 144 valence electrons. The minimum atomic E-state index is -0.272. The fourth-order valence-electron chi connectivity index (χ4n) is 4.25. The quantitative estimate of drug-likeness (QED) is 0.646. The van der Waals surface area contributed by atoms with Crippen LogP contribution in [0.3, 0.4) is 0 Å². The number of ketones is 1. The Hall–Kier alpha value is -2.17. The number of pyridine rings is 1. The molecule has 1 aromatic carbocycles. The smallest absolute Gasteiger partial charge is 0.232 e. The number of halogens is 2. The molecule has 4 rings (SSSR count). The van der Waals surface area contributed by atoms with Gasteiger partial charge >= 0.3 is 0 Å². The van der Waals surface area contributed by atoms with Gasteiger partial charge in [0.2, 0.25) is 5.91 Å². The number of amides is 1. The molecular formula is C22H20Cl2N2O2. The third-order valence-electron chi connectivity index (χ3n) is 5.34. The zero-order chi connectivity index (χ0) is 20.1. The maximum atomic E-state index is 13.2. The summed E-state index contributed by atoms with van der Waals surface area (Å²) < 4.78 is 0. The van der Waals surface area contributed by atoms with Crippen LogP contribution in [0.25, 0.3) is 0 Å². The van der Waals surface area contributed by atoms with Crippen LogP contribution < -0.4 is 4.90 Å². The van der Waals surface area contributed by atoms with Gasteiger partial charge in [0.25, 0.3) is 0 Å². The highest BCUT2D eigenvalue weighted by Gasteiger charge is 2.44. The molecule has 0 unspecified atom stereocenters. The highest BCUT2D eigenvalue weighted by Crippen LogP contribution is 2.48. The first-order chi connectivity index (χ1) is 13.2. The maximum Gasteiger partial charge on any atom is 0.232 e. The molecule has 1 aliphatic heterocycles. The Morgan fingerprint density at radius 1 is 1.11 bits per heavy atom. The lowest BCUT2D eigenvalue weighted by molar-refractivity contribution is -0.121. The number of anilines is 1. The van der Waals surface area contributed by atoms with Crippen molar-refractivity contribution in [2.45, 2.75) is 39.0 Å². The van der Waals surface area contributed by atoms with E-state index in [0.29, 0.717) is 34.1 Å². The van der Waals surface area contributed by atoms with Crippen LogP contribution in [0, 0.1) is 5.41 Å². The van der Waals surface area contributed by atoms with E-state index in [1.165, 1.54) is 0 Å². The van der Waals surface area contributed by atoms with Crippen LogP contribution in [0.15, 0.2) is 54.0 Å². The Labute approximate surface area is 174 Å². The number of Topliss-reactive ketones (excluding diaryl/α,β-unsaturated/α-hetero) is 1. The third-order valence-corrected chi connectivity index (χ3v) is 5.77. The summed E-state index contributed by atoms with van der Waals surface area (Å²) >= 11 is 12.4. The van der Waals surface area contributed by atoms with Crippen molar-refractivity contribution in [3.63, 3.8) is 0 Å². The topological polar surface area (TPSA) is 50.3 Å². The van der Waals surface area contributed by atoms with Crippen molar-refractivity contribution in [2.75, 3.05) is 4.90 Å². The second kappa shape index (κ2) is 7.02. The summed E-state index contributed by atoms with van der Waals surface area (Å²) in [6.45, 7) is 4.10. The molecule has 1 amide bonds. The van der Waals surface area contributed by atoms with Crippen molar-refractivity contribution in [1.82, 2.24) is 4.98 Å². The number of nitrogens with zero attached hydrogens (tertiary/aromatic N) is 2. The Morgan fingerprint density at radius 3 is 2.46 bits per heavy atom. The number of aromatic nitrogens is 1. The molecule has 2 aromatic rings. The normalized spacial score (nSPS) is 21.7. The average Bonchev–Trinajstić information content (AvgIpc) is 2.59. The molecule has 2 heterocycles. The molecular weight excluding hydrogens is 395 g/mol. The first-order valence-electron chi connectivity index (χ1n) is 9.20. The largest absolute Gasteiger partial charge is 0.294 e. The van der Waals surface area contributed by atoms with Crippen molar-refractivity contribution in [2.24, 2.45) is 5.41 Å². The van der Waals surface area contributed by atoms with E-state index < -0.39 is 0 Å². The van der Waals surface area contributed by atoms with Gasteiger partial charge in [-0.15, -0.1) is 0 Å². The number of benzene rings is 1. The average molecular weight is 415 g/mol. The molecule has 0 saturated carbocycles. The number of rotatable bonds is 2. The zero-order valence-electron chi connectivity index (χ0n) is 15.7. The SMILES string of the molecule is CC1(C)CC(=O)C2=C(C1)N(c1cc(Cl)cc(Cl)c1)C(=O)C[C@H]2c1cccnc1. The summed E-state index contributed by atoms with van der Waals surface area (Å²) in [6.07, 6.45) is 4.72. The molecule has 28 heavy (non-hydrogen) atoms. The molecule has 2 aliphatic rings. The van der Waals surface area contributed by atoms with Gasteiger partial charge in [-0.2, -0.15) is 0 Å². The molecule has 1 aromatic heterocycles. The monoisotopic (exact) mass is 414 g/mol. The first kappa shape index (κ1) is 19.2. The van der Waals surface area contributed by atoms with E-state index in [1.807, 2.05) is 12.1 Å². The molecule has 6 heteroatoms. The Kier molecular flexibility index (Phi) is 4.80. The fraction of sp³-hybridized carbons (Fsp3) is 0.318. The van der Waals surface area contributed by atoms with Crippen LogP contribution in [0.2, 0.25) is 10.0 Å². The highest BCUT2D eigenvalue weighted by molar-refractivity contribution is 6.35. The number of allylic oxidation sites excluding steroid dienone is 2. The van der Waals surface area contributed by atoms with Gasteiger partial charge in [0, 0.05) is 52.5 Å². The fourth-order valence-corrected chi connectivity index (χ4v) is 4.76. The van der Waals surface area contributed by atoms with Gasteiger partial charge in [0.05, 0.1) is 5.69 Å². The van der Waals surface area contributed by atoms with E-state index in [0.717, 1.165) is 11.3 Å². The summed E-state index contributed by atoms with van der Waals surface area (Å²) in [7, 11) is 0. The van der Waals surface area contributed by atoms with Crippen molar-refractivity contribution >= 4 is 40.6 Å². The lowest BCUT2D eigenvalue weighted by Crippen LogP contribution is -2.43. The summed E-state index contributed by atoms with van der Waals surface area (Å²) in [5.74, 6) is -0.257. The molecule has 0 fully saturated rings. The van der Waals surface area contributed by atoms with Gasteiger partial charge in [-0.05, 0) is 41.7 Å². The summed E-state index contributed by atoms with van der Waals surface area (Å²) in [6, 6.07) is 8.82. The molecule has 0 radical (unpaired) electrons. The van der Waals surface area contributed by atoms with E-state index in [-0.39, 0.29) is 29.4 Å². The van der Waals surface area contributed by atoms with Crippen LogP contribution >= 0.6 is 23.2 Å². The van der Waals surface area contributed by atoms with E-state index >= 15 is 0 Å². The van der Waals surface area contributed by atoms with Gasteiger partial charge in [-0.1, -0.05) is 43.1 Å². The number of hydrogen-bond donors (Lipinski definition) is 0. The highest BCUT2D eigenvalue weighted by atomic mass is 35.5. The standard InChI is InChI=1S/C22H20Cl2N2O2/c1-22(2)10-18-21(19(27)11-22)17(13-4-3-5-25-12-13)9-20(28)26(18)16-7-14(23)6-15(24)8-16/h3-8,12,17H,9-11H2,1-2H3/t17-/m0/s1. The van der Waals surface area contributed by atoms with E-state index in [2.05, 4.69) is 18.8 Å². The second-order valence-corrected chi connectivity index (χ2v) is 9.07. The van der Waals surface area contributed by atoms with Crippen LogP contribution in [0.1, 0.15) is 44.6 Å². The summed E-state index contributed by atoms with van der Waals surface area (Å²) in [5.41, 5.74) is 2.73. The minimum Gasteiger partial charge on any atom is -0.294 e. The molecule has 0 saturated heterocycles. The van der Waals surface area contributed by atoms with Crippen molar-refractivity contribution in [3.8, 4) is 0 Å². The van der Waals surface area contributed by atoms with Gasteiger partial charge in [0.15, 0.2) is 5.78 Å². The molecule has 1 atom stereocenters. The summed E-state index contributed by atoms with van der Waals surface area (Å²) in [4.78, 5) is 32.2. The Bertz CT molecular complexity index is 979. The Morgan fingerprint density at radius 2 is 1.82 bits per heavy atom. The van der Waals surface area contributed by atoms with Crippen LogP contribution in [-0.4, -0.2) is 16.7 Å². The predicted molar refractivity (Wildman–Crippen MR) is 111 cm³/mol. The van der Waals surface area contributed by atoms with Gasteiger partial charge < -0.3 is 0 Å².